The summed E-state index contributed by atoms with van der Waals surface area (Å²) in [6, 6.07) is 3.76. The molecule has 7 heteroatoms. The molecule has 24 heavy (non-hydrogen) atoms. The monoisotopic (exact) mass is 354 g/mol. The molecule has 0 aromatic heterocycles. The summed E-state index contributed by atoms with van der Waals surface area (Å²) in [5.74, 6) is 1.17. The number of nitrogens with one attached hydrogen (secondary N) is 2. The molecule has 1 rings (SSSR count). The van der Waals surface area contributed by atoms with E-state index in [1.54, 1.807) is 14.2 Å². The molecular weight excluding hydrogens is 328 g/mol. The molecule has 0 fully saturated rings. The molecule has 1 aromatic rings. The number of carbonyl (C=O) groups excluding carboxylic acids is 1. The van der Waals surface area contributed by atoms with Gasteiger partial charge >= 0.3 is 5.97 Å². The van der Waals surface area contributed by atoms with Crippen LogP contribution in [0.2, 0.25) is 0 Å². The van der Waals surface area contributed by atoms with Crippen LogP contribution in [0.4, 0.5) is 5.69 Å². The predicted octanol–water partition coefficient (Wildman–Crippen LogP) is 3.03. The van der Waals surface area contributed by atoms with Crippen molar-refractivity contribution in [2.45, 2.75) is 32.6 Å². The Labute approximate surface area is 148 Å². The van der Waals surface area contributed by atoms with E-state index in [9.17, 15) is 4.79 Å². The topological polar surface area (TPSA) is 68.8 Å². The van der Waals surface area contributed by atoms with Gasteiger partial charge in [-0.2, -0.15) is 0 Å². The number of hydrogen-bond acceptors (Lipinski definition) is 5. The standard InChI is InChI=1S/C17H26N2O4S/c1-12-10-14(21-2)15(22-3)11-13(12)19-17(24)18-9-7-5-6-8-16(20)23-4/h10-11H,5-9H2,1-4H3,(H2,18,19,24). The highest BCUT2D eigenvalue weighted by Crippen LogP contribution is 2.32. The van der Waals surface area contributed by atoms with E-state index >= 15 is 0 Å². The van der Waals surface area contributed by atoms with Gasteiger partial charge in [-0.3, -0.25) is 4.79 Å². The first-order valence-electron chi connectivity index (χ1n) is 7.86. The first-order valence-corrected chi connectivity index (χ1v) is 8.27. The van der Waals surface area contributed by atoms with Crippen molar-refractivity contribution in [1.82, 2.24) is 5.32 Å². The molecule has 0 bridgehead atoms. The van der Waals surface area contributed by atoms with Crippen LogP contribution in [0, 0.1) is 6.92 Å². The average Bonchev–Trinajstić information content (AvgIpc) is 2.58. The highest BCUT2D eigenvalue weighted by atomic mass is 32.1. The van der Waals surface area contributed by atoms with E-state index in [-0.39, 0.29) is 5.97 Å². The molecule has 0 unspecified atom stereocenters. The molecule has 134 valence electrons. The lowest BCUT2D eigenvalue weighted by atomic mass is 10.1. The molecule has 0 amide bonds. The molecule has 6 nitrogen and oxygen atoms in total. The Morgan fingerprint density at radius 1 is 1.08 bits per heavy atom. The van der Waals surface area contributed by atoms with Crippen LogP contribution >= 0.6 is 12.2 Å². The molecule has 0 radical (unpaired) electrons. The normalized spacial score (nSPS) is 10.0. The number of anilines is 1. The van der Waals surface area contributed by atoms with Crippen molar-refractivity contribution in [3.05, 3.63) is 17.7 Å². The zero-order valence-corrected chi connectivity index (χ0v) is 15.5. The number of methoxy groups -OCH3 is 3. The predicted molar refractivity (Wildman–Crippen MR) is 99.0 cm³/mol. The first-order chi connectivity index (χ1) is 11.5. The summed E-state index contributed by atoms with van der Waals surface area (Å²) in [5, 5.41) is 6.88. The summed E-state index contributed by atoms with van der Waals surface area (Å²) in [4.78, 5) is 11.0. The highest BCUT2D eigenvalue weighted by Gasteiger charge is 2.09. The largest absolute Gasteiger partial charge is 0.493 e. The van der Waals surface area contributed by atoms with Crippen LogP contribution in [0.25, 0.3) is 0 Å². The minimum Gasteiger partial charge on any atom is -0.493 e. The fourth-order valence-corrected chi connectivity index (χ4v) is 2.37. The molecule has 0 saturated heterocycles. The highest BCUT2D eigenvalue weighted by molar-refractivity contribution is 7.80. The molecule has 2 N–H and O–H groups in total. The number of esters is 1. The third kappa shape index (κ3) is 6.62. The van der Waals surface area contributed by atoms with Gasteiger partial charge in [0.1, 0.15) is 0 Å². The first kappa shape index (κ1) is 20.0. The summed E-state index contributed by atoms with van der Waals surface area (Å²) in [6.07, 6.45) is 3.16. The van der Waals surface area contributed by atoms with Crippen LogP contribution in [-0.2, 0) is 9.53 Å². The van der Waals surface area contributed by atoms with Crippen molar-refractivity contribution >= 4 is 29.0 Å². The Balaban J connectivity index is 2.39. The minimum absolute atomic E-state index is 0.163. The Bertz CT molecular complexity index is 564. The second-order valence-electron chi connectivity index (χ2n) is 5.29. The van der Waals surface area contributed by atoms with Gasteiger partial charge in [-0.1, -0.05) is 6.42 Å². The van der Waals surface area contributed by atoms with Crippen LogP contribution in [0.3, 0.4) is 0 Å². The second-order valence-corrected chi connectivity index (χ2v) is 5.70. The fourth-order valence-electron chi connectivity index (χ4n) is 2.16. The SMILES string of the molecule is COC(=O)CCCCCNC(=S)Nc1cc(OC)c(OC)cc1C. The van der Waals surface area contributed by atoms with E-state index < -0.39 is 0 Å². The molecule has 0 heterocycles. The lowest BCUT2D eigenvalue weighted by molar-refractivity contribution is -0.140. The van der Waals surface area contributed by atoms with Gasteiger partial charge in [0.2, 0.25) is 0 Å². The lowest BCUT2D eigenvalue weighted by Gasteiger charge is -2.15. The molecule has 0 spiro atoms. The average molecular weight is 354 g/mol. The number of carbonyl (C=O) groups is 1. The van der Waals surface area contributed by atoms with E-state index in [4.69, 9.17) is 21.7 Å². The maximum absolute atomic E-state index is 11.0. The quantitative estimate of drug-likeness (QED) is 0.401. The van der Waals surface area contributed by atoms with Crippen LogP contribution < -0.4 is 20.1 Å². The van der Waals surface area contributed by atoms with Crippen LogP contribution in [0.5, 0.6) is 11.5 Å². The lowest BCUT2D eigenvalue weighted by Crippen LogP contribution is -2.29. The third-order valence-electron chi connectivity index (χ3n) is 3.55. The van der Waals surface area contributed by atoms with Gasteiger partial charge in [-0.05, 0) is 43.6 Å². The summed E-state index contributed by atoms with van der Waals surface area (Å²) in [5.41, 5.74) is 1.88. The molecule has 1 aromatic carbocycles. The van der Waals surface area contributed by atoms with Gasteiger partial charge in [0.05, 0.1) is 21.3 Å². The van der Waals surface area contributed by atoms with Gasteiger partial charge in [0, 0.05) is 24.7 Å². The van der Waals surface area contributed by atoms with Gasteiger partial charge in [-0.25, -0.2) is 0 Å². The van der Waals surface area contributed by atoms with Crippen molar-refractivity contribution in [2.75, 3.05) is 33.2 Å². The van der Waals surface area contributed by atoms with Crippen molar-refractivity contribution in [3.63, 3.8) is 0 Å². The van der Waals surface area contributed by atoms with Crippen molar-refractivity contribution in [2.24, 2.45) is 0 Å². The summed E-state index contributed by atoms with van der Waals surface area (Å²) >= 11 is 5.31. The van der Waals surface area contributed by atoms with E-state index in [2.05, 4.69) is 15.4 Å². The second kappa shape index (κ2) is 10.7. The number of hydrogen-bond donors (Lipinski definition) is 2. The zero-order chi connectivity index (χ0) is 17.9. The van der Waals surface area contributed by atoms with Crippen LogP contribution in [0.15, 0.2) is 12.1 Å². The molecule has 0 aliphatic rings. The number of rotatable bonds is 9. The van der Waals surface area contributed by atoms with Crippen LogP contribution in [0.1, 0.15) is 31.2 Å². The maximum Gasteiger partial charge on any atom is 0.305 e. The van der Waals surface area contributed by atoms with Crippen molar-refractivity contribution in [3.8, 4) is 11.5 Å². The number of ether oxygens (including phenoxy) is 3. The number of aryl methyl sites for hydroxylation is 1. The van der Waals surface area contributed by atoms with E-state index in [1.165, 1.54) is 7.11 Å². The fraction of sp³-hybridized carbons (Fsp3) is 0.529. The summed E-state index contributed by atoms with van der Waals surface area (Å²) < 4.78 is 15.2. The number of thiocarbonyl (C=S) groups is 1. The van der Waals surface area contributed by atoms with E-state index in [0.717, 1.165) is 37.1 Å². The Hall–Kier alpha value is -2.02. The van der Waals surface area contributed by atoms with Crippen molar-refractivity contribution < 1.29 is 19.0 Å². The van der Waals surface area contributed by atoms with E-state index in [0.29, 0.717) is 23.0 Å². The summed E-state index contributed by atoms with van der Waals surface area (Å²) in [6.45, 7) is 2.72. The van der Waals surface area contributed by atoms with Gasteiger partial charge in [-0.15, -0.1) is 0 Å². The van der Waals surface area contributed by atoms with Gasteiger partial charge < -0.3 is 24.8 Å². The molecule has 0 saturated carbocycles. The molecule has 0 aliphatic heterocycles. The smallest absolute Gasteiger partial charge is 0.305 e. The Morgan fingerprint density at radius 3 is 2.38 bits per heavy atom. The molecule has 0 aliphatic carbocycles. The maximum atomic E-state index is 11.0. The zero-order valence-electron chi connectivity index (χ0n) is 14.7. The van der Waals surface area contributed by atoms with Crippen molar-refractivity contribution in [1.29, 1.82) is 0 Å². The Morgan fingerprint density at radius 2 is 1.75 bits per heavy atom. The van der Waals surface area contributed by atoms with E-state index in [1.807, 2.05) is 19.1 Å². The number of benzene rings is 1. The minimum atomic E-state index is -0.163. The van der Waals surface area contributed by atoms with Gasteiger partial charge in [0.25, 0.3) is 0 Å². The van der Waals surface area contributed by atoms with Crippen LogP contribution in [-0.4, -0.2) is 39.0 Å². The van der Waals surface area contributed by atoms with Gasteiger partial charge in [0.15, 0.2) is 16.6 Å². The Kier molecular flexibility index (Phi) is 8.93. The molecular formula is C17H26N2O4S. The molecule has 0 atom stereocenters. The summed E-state index contributed by atoms with van der Waals surface area (Å²) in [7, 11) is 4.61. The number of unbranched alkanes of at least 4 members (excludes halogenated alkanes) is 2. The third-order valence-corrected chi connectivity index (χ3v) is 3.80.